The number of aliphatic carboxylic acids is 2. The number of rotatable bonds is 3. The first kappa shape index (κ1) is 16.0. The normalized spacial score (nSPS) is 21.3. The fourth-order valence-electron chi connectivity index (χ4n) is 2.99. The van der Waals surface area contributed by atoms with Crippen molar-refractivity contribution >= 4 is 11.9 Å². The van der Waals surface area contributed by atoms with Crippen LogP contribution in [-0.4, -0.2) is 22.2 Å². The van der Waals surface area contributed by atoms with E-state index in [4.69, 9.17) is 10.2 Å². The molecule has 0 heterocycles. The fourth-order valence-corrected chi connectivity index (χ4v) is 2.99. The van der Waals surface area contributed by atoms with Gasteiger partial charge in [-0.2, -0.15) is 0 Å². The third-order valence-corrected chi connectivity index (χ3v) is 4.14. The molecule has 0 saturated heterocycles. The van der Waals surface area contributed by atoms with Crippen molar-refractivity contribution in [2.45, 2.75) is 70.6 Å². The average Bonchev–Trinajstić information content (AvgIpc) is 2.41. The minimum absolute atomic E-state index is 0.0289. The highest BCUT2D eigenvalue weighted by Gasteiger charge is 2.19. The van der Waals surface area contributed by atoms with Crippen LogP contribution in [0.4, 0.5) is 0 Å². The molecule has 0 amide bonds. The molecular weight excluding hydrogens is 244 g/mol. The van der Waals surface area contributed by atoms with Crippen molar-refractivity contribution in [1.29, 1.82) is 0 Å². The summed E-state index contributed by atoms with van der Waals surface area (Å²) in [5, 5.41) is 17.0. The van der Waals surface area contributed by atoms with Gasteiger partial charge in [-0.25, -0.2) is 0 Å². The van der Waals surface area contributed by atoms with Gasteiger partial charge in [0, 0.05) is 6.42 Å². The SMILES string of the molecule is O=C(O)C1CCCCC1.O=C(O)CC1CCCCC1. The second-order valence-corrected chi connectivity index (χ2v) is 5.78. The fraction of sp³-hybridized carbons (Fsp3) is 0.867. The lowest BCUT2D eigenvalue weighted by Gasteiger charge is -2.18. The highest BCUT2D eigenvalue weighted by Crippen LogP contribution is 2.26. The Kier molecular flexibility index (Phi) is 7.53. The monoisotopic (exact) mass is 270 g/mol. The Labute approximate surface area is 115 Å². The first-order chi connectivity index (χ1) is 9.09. The molecule has 110 valence electrons. The third kappa shape index (κ3) is 7.19. The van der Waals surface area contributed by atoms with Gasteiger partial charge < -0.3 is 10.2 Å². The molecule has 2 fully saturated rings. The van der Waals surface area contributed by atoms with Crippen LogP contribution in [0.15, 0.2) is 0 Å². The van der Waals surface area contributed by atoms with Crippen molar-refractivity contribution < 1.29 is 19.8 Å². The van der Waals surface area contributed by atoms with Crippen molar-refractivity contribution in [3.63, 3.8) is 0 Å². The summed E-state index contributed by atoms with van der Waals surface area (Å²) < 4.78 is 0. The zero-order chi connectivity index (χ0) is 14.1. The smallest absolute Gasteiger partial charge is 0.306 e. The molecule has 0 aromatic carbocycles. The van der Waals surface area contributed by atoms with Crippen LogP contribution >= 0.6 is 0 Å². The minimum atomic E-state index is -0.632. The van der Waals surface area contributed by atoms with Crippen LogP contribution < -0.4 is 0 Å². The highest BCUT2D eigenvalue weighted by molar-refractivity contribution is 5.69. The molecule has 0 atom stereocenters. The topological polar surface area (TPSA) is 74.6 Å². The van der Waals surface area contributed by atoms with Crippen molar-refractivity contribution in [2.24, 2.45) is 11.8 Å². The van der Waals surface area contributed by atoms with E-state index in [1.54, 1.807) is 0 Å². The molecule has 0 aromatic heterocycles. The molecule has 0 aromatic rings. The van der Waals surface area contributed by atoms with E-state index in [-0.39, 0.29) is 5.92 Å². The van der Waals surface area contributed by atoms with E-state index in [9.17, 15) is 9.59 Å². The lowest BCUT2D eigenvalue weighted by Crippen LogP contribution is -2.16. The lowest BCUT2D eigenvalue weighted by atomic mass is 9.87. The van der Waals surface area contributed by atoms with Gasteiger partial charge in [0.25, 0.3) is 0 Å². The second kappa shape index (κ2) is 8.94. The summed E-state index contributed by atoms with van der Waals surface area (Å²) in [6.07, 6.45) is 11.7. The maximum absolute atomic E-state index is 10.4. The summed E-state index contributed by atoms with van der Waals surface area (Å²) >= 11 is 0. The molecule has 2 aliphatic rings. The predicted octanol–water partition coefficient (Wildman–Crippen LogP) is 3.69. The zero-order valence-electron chi connectivity index (χ0n) is 11.6. The van der Waals surface area contributed by atoms with Gasteiger partial charge in [0.1, 0.15) is 0 Å². The Morgan fingerprint density at radius 1 is 0.789 bits per heavy atom. The Balaban J connectivity index is 0.000000191. The molecule has 0 radical (unpaired) electrons. The van der Waals surface area contributed by atoms with Crippen molar-refractivity contribution in [1.82, 2.24) is 0 Å². The first-order valence-electron chi connectivity index (χ1n) is 7.54. The molecule has 2 saturated carbocycles. The molecule has 0 aliphatic heterocycles. The van der Waals surface area contributed by atoms with Crippen LogP contribution in [0.5, 0.6) is 0 Å². The standard InChI is InChI=1S/C8H14O2.C7H12O2/c9-8(10)6-7-4-2-1-3-5-7;8-7(9)6-4-2-1-3-5-6/h7H,1-6H2,(H,9,10);6H,1-5H2,(H,8,9). The lowest BCUT2D eigenvalue weighted by molar-refractivity contribution is -0.142. The predicted molar refractivity (Wildman–Crippen MR) is 73.0 cm³/mol. The minimum Gasteiger partial charge on any atom is -0.481 e. The van der Waals surface area contributed by atoms with Crippen molar-refractivity contribution in [3.8, 4) is 0 Å². The van der Waals surface area contributed by atoms with E-state index in [0.29, 0.717) is 12.3 Å². The molecular formula is C15H26O4. The molecule has 0 unspecified atom stereocenters. The van der Waals surface area contributed by atoms with Crippen LogP contribution in [0.1, 0.15) is 70.6 Å². The highest BCUT2D eigenvalue weighted by atomic mass is 16.4. The van der Waals surface area contributed by atoms with Gasteiger partial charge in [0.15, 0.2) is 0 Å². The number of hydrogen-bond donors (Lipinski definition) is 2. The van der Waals surface area contributed by atoms with E-state index >= 15 is 0 Å². The first-order valence-corrected chi connectivity index (χ1v) is 7.54. The van der Waals surface area contributed by atoms with Gasteiger partial charge in [-0.05, 0) is 31.6 Å². The summed E-state index contributed by atoms with van der Waals surface area (Å²) in [7, 11) is 0. The summed E-state index contributed by atoms with van der Waals surface area (Å²) in [5.41, 5.74) is 0. The summed E-state index contributed by atoms with van der Waals surface area (Å²) in [5.74, 6) is -0.786. The largest absolute Gasteiger partial charge is 0.481 e. The molecule has 2 N–H and O–H groups in total. The number of carboxylic acid groups (broad SMARTS) is 2. The van der Waals surface area contributed by atoms with Gasteiger partial charge in [0.2, 0.25) is 0 Å². The average molecular weight is 270 g/mol. The van der Waals surface area contributed by atoms with Crippen LogP contribution in [0.25, 0.3) is 0 Å². The summed E-state index contributed by atoms with van der Waals surface area (Å²) in [6.45, 7) is 0. The molecule has 4 nitrogen and oxygen atoms in total. The van der Waals surface area contributed by atoms with Gasteiger partial charge >= 0.3 is 11.9 Å². The van der Waals surface area contributed by atoms with E-state index in [0.717, 1.165) is 38.5 Å². The molecule has 0 bridgehead atoms. The maximum atomic E-state index is 10.4. The van der Waals surface area contributed by atoms with Gasteiger partial charge in [-0.15, -0.1) is 0 Å². The Bertz CT molecular complexity index is 276. The van der Waals surface area contributed by atoms with Crippen LogP contribution in [0, 0.1) is 11.8 Å². The quantitative estimate of drug-likeness (QED) is 0.820. The summed E-state index contributed by atoms with van der Waals surface area (Å²) in [4.78, 5) is 20.6. The van der Waals surface area contributed by atoms with E-state index in [2.05, 4.69) is 0 Å². The molecule has 0 spiro atoms. The Morgan fingerprint density at radius 2 is 1.26 bits per heavy atom. The molecule has 4 heteroatoms. The van der Waals surface area contributed by atoms with Gasteiger partial charge in [-0.3, -0.25) is 9.59 Å². The van der Waals surface area contributed by atoms with Crippen molar-refractivity contribution in [2.75, 3.05) is 0 Å². The van der Waals surface area contributed by atoms with Crippen LogP contribution in [-0.2, 0) is 9.59 Å². The number of hydrogen-bond acceptors (Lipinski definition) is 2. The zero-order valence-corrected chi connectivity index (χ0v) is 11.6. The molecule has 2 aliphatic carbocycles. The van der Waals surface area contributed by atoms with Gasteiger partial charge in [0.05, 0.1) is 5.92 Å². The Morgan fingerprint density at radius 3 is 1.63 bits per heavy atom. The molecule has 2 rings (SSSR count). The van der Waals surface area contributed by atoms with Gasteiger partial charge in [-0.1, -0.05) is 38.5 Å². The van der Waals surface area contributed by atoms with E-state index < -0.39 is 11.9 Å². The number of carboxylic acids is 2. The van der Waals surface area contributed by atoms with Crippen molar-refractivity contribution in [3.05, 3.63) is 0 Å². The van der Waals surface area contributed by atoms with Crippen LogP contribution in [0.2, 0.25) is 0 Å². The van der Waals surface area contributed by atoms with E-state index in [1.807, 2.05) is 0 Å². The molecule has 19 heavy (non-hydrogen) atoms. The maximum Gasteiger partial charge on any atom is 0.306 e. The summed E-state index contributed by atoms with van der Waals surface area (Å²) in [6, 6.07) is 0. The second-order valence-electron chi connectivity index (χ2n) is 5.78. The number of carbonyl (C=O) groups is 2. The van der Waals surface area contributed by atoms with Crippen LogP contribution in [0.3, 0.4) is 0 Å². The Hall–Kier alpha value is -1.06. The van der Waals surface area contributed by atoms with E-state index in [1.165, 1.54) is 25.7 Å². The third-order valence-electron chi connectivity index (χ3n) is 4.14.